The number of carboxylic acid groups (broad SMARTS) is 1. The monoisotopic (exact) mass is 693 g/mol. The van der Waals surface area contributed by atoms with E-state index in [0.717, 1.165) is 42.5 Å². The van der Waals surface area contributed by atoms with Gasteiger partial charge in [0.2, 0.25) is 0 Å². The summed E-state index contributed by atoms with van der Waals surface area (Å²) in [6.07, 6.45) is -4.57. The van der Waals surface area contributed by atoms with Crippen molar-refractivity contribution in [1.29, 1.82) is 0 Å². The van der Waals surface area contributed by atoms with E-state index >= 15 is 0 Å². The number of nitrogens with zero attached hydrogens (tertiary/aromatic N) is 1. The van der Waals surface area contributed by atoms with Gasteiger partial charge in [-0.15, -0.1) is 0 Å². The molecule has 8 nitrogen and oxygen atoms in total. The maximum Gasteiger partial charge on any atom is 0.416 e. The van der Waals surface area contributed by atoms with Crippen LogP contribution in [0.3, 0.4) is 0 Å². The first-order valence-corrected chi connectivity index (χ1v) is 16.9. The molecule has 2 atom stereocenters. The summed E-state index contributed by atoms with van der Waals surface area (Å²) >= 11 is 0. The predicted octanol–water partition coefficient (Wildman–Crippen LogP) is 5.78. The number of aliphatic hydroxyl groups is 1. The number of hydrogen-bond acceptors (Lipinski definition) is 6. The van der Waals surface area contributed by atoms with Crippen LogP contribution in [0.4, 0.5) is 22.0 Å². The molecule has 3 aliphatic rings. The second kappa shape index (κ2) is 12.1. The minimum absolute atomic E-state index is 0.0419. The molecule has 1 aliphatic heterocycles. The second-order valence-corrected chi connectivity index (χ2v) is 14.9. The lowest BCUT2D eigenvalue weighted by atomic mass is 9.76. The highest BCUT2D eigenvalue weighted by Crippen LogP contribution is 2.54. The normalized spacial score (nSPS) is 25.7. The van der Waals surface area contributed by atoms with Crippen LogP contribution in [0.15, 0.2) is 65.6 Å². The van der Waals surface area contributed by atoms with Gasteiger partial charge in [0.15, 0.2) is 9.84 Å². The zero-order valence-corrected chi connectivity index (χ0v) is 26.3. The summed E-state index contributed by atoms with van der Waals surface area (Å²) in [6, 6.07) is 10.3. The largest absolute Gasteiger partial charge is 0.489 e. The van der Waals surface area contributed by atoms with Crippen molar-refractivity contribution in [1.82, 2.24) is 4.90 Å². The smallest absolute Gasteiger partial charge is 0.416 e. The Morgan fingerprint density at radius 3 is 2.29 bits per heavy atom. The Bertz CT molecular complexity index is 1860. The molecule has 256 valence electrons. The molecule has 0 aromatic heterocycles. The third kappa shape index (κ3) is 5.62. The number of alkyl halides is 3. The Kier molecular flexibility index (Phi) is 8.55. The van der Waals surface area contributed by atoms with E-state index in [4.69, 9.17) is 4.74 Å². The van der Waals surface area contributed by atoms with Gasteiger partial charge in [-0.25, -0.2) is 17.2 Å². The summed E-state index contributed by atoms with van der Waals surface area (Å²) in [4.78, 5) is 26.6. The lowest BCUT2D eigenvalue weighted by molar-refractivity contribution is -0.160. The van der Waals surface area contributed by atoms with Gasteiger partial charge < -0.3 is 19.8 Å². The van der Waals surface area contributed by atoms with Crippen molar-refractivity contribution >= 4 is 21.7 Å². The van der Waals surface area contributed by atoms with Crippen molar-refractivity contribution in [3.8, 4) is 5.75 Å². The summed E-state index contributed by atoms with van der Waals surface area (Å²) < 4.78 is 102. The molecule has 0 spiro atoms. The van der Waals surface area contributed by atoms with Crippen molar-refractivity contribution in [3.63, 3.8) is 0 Å². The summed E-state index contributed by atoms with van der Waals surface area (Å²) in [5, 5.41) is 20.8. The van der Waals surface area contributed by atoms with Crippen molar-refractivity contribution in [2.45, 2.75) is 79.0 Å². The fourth-order valence-corrected chi connectivity index (χ4v) is 9.98. The van der Waals surface area contributed by atoms with Gasteiger partial charge in [0.1, 0.15) is 34.3 Å². The second-order valence-electron chi connectivity index (χ2n) is 12.7. The van der Waals surface area contributed by atoms with Gasteiger partial charge in [-0.2, -0.15) is 13.2 Å². The lowest BCUT2D eigenvalue weighted by Crippen LogP contribution is -2.57. The molecule has 6 rings (SSSR count). The zero-order valence-electron chi connectivity index (χ0n) is 25.5. The van der Waals surface area contributed by atoms with E-state index in [2.05, 4.69) is 0 Å². The molecule has 2 N–H and O–H groups in total. The number of benzene rings is 3. The van der Waals surface area contributed by atoms with Crippen LogP contribution in [-0.2, 0) is 43.4 Å². The van der Waals surface area contributed by atoms with E-state index in [1.807, 2.05) is 0 Å². The number of ether oxygens (including phenoxy) is 1. The van der Waals surface area contributed by atoms with Gasteiger partial charge in [-0.3, -0.25) is 9.59 Å². The van der Waals surface area contributed by atoms with Crippen LogP contribution < -0.4 is 4.74 Å². The van der Waals surface area contributed by atoms with Crippen LogP contribution in [0.1, 0.15) is 60.8 Å². The third-order valence-corrected chi connectivity index (χ3v) is 12.6. The predicted molar refractivity (Wildman–Crippen MR) is 160 cm³/mol. The first-order chi connectivity index (χ1) is 22.6. The molecule has 2 fully saturated rings. The fraction of sp³-hybridized carbons (Fsp3) is 0.412. The molecule has 1 saturated carbocycles. The van der Waals surface area contributed by atoms with Crippen LogP contribution in [0.25, 0.3) is 0 Å². The number of rotatable bonds is 7. The van der Waals surface area contributed by atoms with Crippen LogP contribution in [0.2, 0.25) is 0 Å². The Hall–Kier alpha value is -4.04. The highest BCUT2D eigenvalue weighted by molar-refractivity contribution is 7.92. The lowest BCUT2D eigenvalue weighted by Gasteiger charge is -2.44. The number of aryl methyl sites for hydroxylation is 1. The number of aliphatic carboxylic acids is 1. The minimum atomic E-state index is -4.82. The summed E-state index contributed by atoms with van der Waals surface area (Å²) in [6.45, 7) is -0.786. The molecule has 1 heterocycles. The molecule has 0 unspecified atom stereocenters. The van der Waals surface area contributed by atoms with Crippen molar-refractivity contribution in [2.75, 3.05) is 6.54 Å². The Balaban J connectivity index is 1.36. The van der Waals surface area contributed by atoms with Gasteiger partial charge in [-0.1, -0.05) is 12.1 Å². The number of carbonyl (C=O) groups excluding carboxylic acids is 1. The molecule has 3 aromatic carbocycles. The Morgan fingerprint density at radius 2 is 1.65 bits per heavy atom. The van der Waals surface area contributed by atoms with Crippen molar-refractivity contribution in [3.05, 3.63) is 94.6 Å². The molecule has 48 heavy (non-hydrogen) atoms. The Labute approximate surface area is 273 Å². The van der Waals surface area contributed by atoms with E-state index < -0.39 is 79.6 Å². The number of hydrogen-bond donors (Lipinski definition) is 2. The molecule has 2 aliphatic carbocycles. The molecule has 14 heteroatoms. The van der Waals surface area contributed by atoms with Gasteiger partial charge in [-0.05, 0) is 105 Å². The molecule has 1 amide bonds. The van der Waals surface area contributed by atoms with Crippen LogP contribution in [0, 0.1) is 17.6 Å². The number of carbonyl (C=O) groups is 2. The number of halogens is 5. The van der Waals surface area contributed by atoms with Gasteiger partial charge in [0, 0.05) is 12.1 Å². The maximum absolute atomic E-state index is 14.6. The molecule has 3 aromatic rings. The first kappa shape index (κ1) is 33.8. The molecular weight excluding hydrogens is 661 g/mol. The highest BCUT2D eigenvalue weighted by Gasteiger charge is 2.62. The van der Waals surface area contributed by atoms with E-state index in [1.54, 1.807) is 0 Å². The fourth-order valence-electron chi connectivity index (χ4n) is 7.61. The zero-order chi connectivity index (χ0) is 34.6. The number of sulfone groups is 1. The summed E-state index contributed by atoms with van der Waals surface area (Å²) in [7, 11) is -4.36. The van der Waals surface area contributed by atoms with E-state index in [1.165, 1.54) is 23.1 Å². The third-order valence-electron chi connectivity index (χ3n) is 10.1. The minimum Gasteiger partial charge on any atom is -0.489 e. The van der Waals surface area contributed by atoms with Crippen molar-refractivity contribution in [2.24, 2.45) is 5.92 Å². The van der Waals surface area contributed by atoms with Crippen LogP contribution in [-0.4, -0.2) is 53.6 Å². The molecule has 0 bridgehead atoms. The number of fused-ring (bicyclic) bond motifs is 3. The summed E-state index contributed by atoms with van der Waals surface area (Å²) in [5.74, 6) is -4.07. The summed E-state index contributed by atoms with van der Waals surface area (Å²) in [5.41, 5.74) is -2.91. The molecule has 1 saturated heterocycles. The number of carboxylic acids is 1. The van der Waals surface area contributed by atoms with E-state index in [9.17, 15) is 50.2 Å². The topological polar surface area (TPSA) is 121 Å². The SMILES string of the molecule is O=C(O)C1CCC(O)(C(=O)N2CC[C@@]3(S(=O)(=O)c4ccc(F)cc4)c4ccc(OCc5c(F)cccc5C(F)(F)F)cc4CC[C@@H]23)CC1. The van der Waals surface area contributed by atoms with Gasteiger partial charge in [0.05, 0.1) is 22.4 Å². The standard InChI is InChI=1S/C34H32F5NO7S/c35-22-5-8-24(9-6-22)48(45,46)33-16-17-40(31(43)32(44)14-12-20(13-15-32)30(41)42)29(33)11-4-21-18-23(7-10-26(21)33)47-19-25-27(34(37,38)39)2-1-3-28(25)36/h1-3,5-10,18,20,29,44H,4,11-17,19H2,(H,41,42)/t20?,29-,32?,33-/m1/s1. The Morgan fingerprint density at radius 1 is 0.958 bits per heavy atom. The van der Waals surface area contributed by atoms with E-state index in [0.29, 0.717) is 11.1 Å². The maximum atomic E-state index is 14.6. The quantitative estimate of drug-likeness (QED) is 0.238. The van der Waals surface area contributed by atoms with Gasteiger partial charge >= 0.3 is 12.1 Å². The molecular formula is C34H32F5NO7S. The number of amides is 1. The molecule has 0 radical (unpaired) electrons. The first-order valence-electron chi connectivity index (χ1n) is 15.5. The van der Waals surface area contributed by atoms with Crippen LogP contribution in [0.5, 0.6) is 5.75 Å². The van der Waals surface area contributed by atoms with Crippen LogP contribution >= 0.6 is 0 Å². The number of likely N-dealkylation sites (tertiary alicyclic amines) is 1. The van der Waals surface area contributed by atoms with Crippen molar-refractivity contribution < 1.29 is 54.9 Å². The average molecular weight is 694 g/mol. The van der Waals surface area contributed by atoms with Gasteiger partial charge in [0.25, 0.3) is 5.91 Å². The highest BCUT2D eigenvalue weighted by atomic mass is 32.2. The average Bonchev–Trinajstić information content (AvgIpc) is 3.45. The van der Waals surface area contributed by atoms with E-state index in [-0.39, 0.29) is 62.1 Å².